The first kappa shape index (κ1) is 19.2. The largest absolute Gasteiger partial charge is 0.325 e. The summed E-state index contributed by atoms with van der Waals surface area (Å²) in [5.74, 6) is 0.632. The molecule has 0 bridgehead atoms. The average Bonchev–Trinajstić information content (AvgIpc) is 3.15. The van der Waals surface area contributed by atoms with Crippen LogP contribution in [0.15, 0.2) is 60.0 Å². The van der Waals surface area contributed by atoms with Crippen LogP contribution < -0.4 is 5.32 Å². The Bertz CT molecular complexity index is 922. The number of nitrogens with one attached hydrogen (secondary N) is 1. The summed E-state index contributed by atoms with van der Waals surface area (Å²) >= 11 is 1.38. The summed E-state index contributed by atoms with van der Waals surface area (Å²) < 4.78 is 1.92. The molecule has 1 amide bonds. The fourth-order valence-electron chi connectivity index (χ4n) is 2.90. The van der Waals surface area contributed by atoms with Crippen LogP contribution in [0.1, 0.15) is 37.3 Å². The van der Waals surface area contributed by atoms with Gasteiger partial charge in [-0.05, 0) is 42.5 Å². The molecule has 27 heavy (non-hydrogen) atoms. The molecule has 0 saturated carbocycles. The van der Waals surface area contributed by atoms with E-state index in [-0.39, 0.29) is 11.7 Å². The highest BCUT2D eigenvalue weighted by Crippen LogP contribution is 2.27. The van der Waals surface area contributed by atoms with E-state index in [0.29, 0.717) is 11.1 Å². The number of amides is 1. The van der Waals surface area contributed by atoms with Gasteiger partial charge in [-0.3, -0.25) is 9.36 Å². The van der Waals surface area contributed by atoms with Gasteiger partial charge in [0.1, 0.15) is 6.33 Å². The Kier molecular flexibility index (Phi) is 6.29. The summed E-state index contributed by atoms with van der Waals surface area (Å²) in [5, 5.41) is 11.9. The highest BCUT2D eigenvalue weighted by molar-refractivity contribution is 7.99. The Labute approximate surface area is 164 Å². The average molecular weight is 381 g/mol. The number of hydrogen-bond donors (Lipinski definition) is 1. The molecule has 0 unspecified atom stereocenters. The summed E-state index contributed by atoms with van der Waals surface area (Å²) in [6, 6.07) is 16.0. The van der Waals surface area contributed by atoms with Gasteiger partial charge in [-0.2, -0.15) is 0 Å². The van der Waals surface area contributed by atoms with E-state index in [2.05, 4.69) is 35.4 Å². The first-order valence-corrected chi connectivity index (χ1v) is 10.1. The third kappa shape index (κ3) is 4.57. The lowest BCUT2D eigenvalue weighted by molar-refractivity contribution is -0.113. The van der Waals surface area contributed by atoms with Gasteiger partial charge in [-0.25, -0.2) is 0 Å². The lowest BCUT2D eigenvalue weighted by Gasteiger charge is -2.15. The van der Waals surface area contributed by atoms with Gasteiger partial charge < -0.3 is 5.32 Å². The van der Waals surface area contributed by atoms with Gasteiger partial charge in [0.15, 0.2) is 5.16 Å². The molecule has 5 nitrogen and oxygen atoms in total. The third-order valence-electron chi connectivity index (χ3n) is 4.60. The number of nitrogens with zero attached hydrogens (tertiary/aromatic N) is 3. The van der Waals surface area contributed by atoms with Gasteiger partial charge in [0.25, 0.3) is 0 Å². The zero-order valence-electron chi connectivity index (χ0n) is 15.8. The van der Waals surface area contributed by atoms with E-state index in [1.165, 1.54) is 17.3 Å². The predicted molar refractivity (Wildman–Crippen MR) is 111 cm³/mol. The maximum Gasteiger partial charge on any atom is 0.234 e. The molecular weight excluding hydrogens is 356 g/mol. The highest BCUT2D eigenvalue weighted by atomic mass is 32.2. The van der Waals surface area contributed by atoms with E-state index in [4.69, 9.17) is 0 Å². The molecular formula is C21H24N4OS. The number of carbonyl (C=O) groups excluding carboxylic acids is 1. The van der Waals surface area contributed by atoms with Crippen LogP contribution in [0.3, 0.4) is 0 Å². The van der Waals surface area contributed by atoms with E-state index >= 15 is 0 Å². The maximum atomic E-state index is 12.5. The molecule has 140 valence electrons. The smallest absolute Gasteiger partial charge is 0.234 e. The van der Waals surface area contributed by atoms with E-state index in [0.717, 1.165) is 23.4 Å². The minimum absolute atomic E-state index is 0.0462. The zero-order chi connectivity index (χ0) is 19.2. The van der Waals surface area contributed by atoms with Crippen LogP contribution in [0.4, 0.5) is 5.69 Å². The summed E-state index contributed by atoms with van der Waals surface area (Å²) in [5.41, 5.74) is 4.21. The van der Waals surface area contributed by atoms with Crippen molar-refractivity contribution < 1.29 is 4.79 Å². The third-order valence-corrected chi connectivity index (χ3v) is 5.55. The van der Waals surface area contributed by atoms with Crippen LogP contribution >= 0.6 is 11.8 Å². The maximum absolute atomic E-state index is 12.5. The quantitative estimate of drug-likeness (QED) is 0.597. The van der Waals surface area contributed by atoms with Gasteiger partial charge in [0.05, 0.1) is 11.4 Å². The number of para-hydroxylation sites is 2. The molecule has 0 saturated heterocycles. The topological polar surface area (TPSA) is 59.8 Å². The Morgan fingerprint density at radius 1 is 1.19 bits per heavy atom. The minimum Gasteiger partial charge on any atom is -0.325 e. The van der Waals surface area contributed by atoms with Crippen molar-refractivity contribution in [3.8, 4) is 5.69 Å². The molecule has 0 aliphatic heterocycles. The number of anilines is 1. The minimum atomic E-state index is -0.0462. The summed E-state index contributed by atoms with van der Waals surface area (Å²) in [4.78, 5) is 12.5. The van der Waals surface area contributed by atoms with E-state index in [1.54, 1.807) is 6.33 Å². The second kappa shape index (κ2) is 8.86. The van der Waals surface area contributed by atoms with Gasteiger partial charge in [0, 0.05) is 5.69 Å². The Balaban J connectivity index is 1.68. The molecule has 1 aromatic heterocycles. The van der Waals surface area contributed by atoms with Crippen molar-refractivity contribution in [2.75, 3.05) is 11.1 Å². The van der Waals surface area contributed by atoms with Crippen molar-refractivity contribution in [2.24, 2.45) is 0 Å². The highest BCUT2D eigenvalue weighted by Gasteiger charge is 2.14. The van der Waals surface area contributed by atoms with Crippen LogP contribution in [0, 0.1) is 6.92 Å². The Hall–Kier alpha value is -2.60. The Morgan fingerprint density at radius 2 is 1.93 bits per heavy atom. The van der Waals surface area contributed by atoms with Crippen molar-refractivity contribution in [3.63, 3.8) is 0 Å². The van der Waals surface area contributed by atoms with Crippen LogP contribution in [0.5, 0.6) is 0 Å². The number of benzene rings is 2. The SMILES string of the molecule is CC[C@@H](C)c1ccccc1NC(=O)CSc1nncn1-c1ccccc1C. The molecule has 0 radical (unpaired) electrons. The lowest BCUT2D eigenvalue weighted by Crippen LogP contribution is -2.16. The van der Waals surface area contributed by atoms with Gasteiger partial charge in [-0.1, -0.05) is 62.0 Å². The van der Waals surface area contributed by atoms with Crippen LogP contribution in [-0.2, 0) is 4.79 Å². The molecule has 1 N–H and O–H groups in total. The van der Waals surface area contributed by atoms with Crippen LogP contribution in [-0.4, -0.2) is 26.4 Å². The van der Waals surface area contributed by atoms with Gasteiger partial charge in [-0.15, -0.1) is 10.2 Å². The summed E-state index contributed by atoms with van der Waals surface area (Å²) in [7, 11) is 0. The van der Waals surface area contributed by atoms with Crippen molar-refractivity contribution >= 4 is 23.4 Å². The second-order valence-electron chi connectivity index (χ2n) is 6.50. The Morgan fingerprint density at radius 3 is 2.70 bits per heavy atom. The van der Waals surface area contributed by atoms with Crippen molar-refractivity contribution in [2.45, 2.75) is 38.3 Å². The fourth-order valence-corrected chi connectivity index (χ4v) is 3.62. The summed E-state index contributed by atoms with van der Waals surface area (Å²) in [6.45, 7) is 6.37. The molecule has 6 heteroatoms. The number of aryl methyl sites for hydroxylation is 1. The number of hydrogen-bond acceptors (Lipinski definition) is 4. The number of aromatic nitrogens is 3. The van der Waals surface area contributed by atoms with Gasteiger partial charge in [0.2, 0.25) is 5.91 Å². The number of rotatable bonds is 7. The van der Waals surface area contributed by atoms with Crippen molar-refractivity contribution in [1.82, 2.24) is 14.8 Å². The molecule has 3 rings (SSSR count). The van der Waals surface area contributed by atoms with E-state index in [9.17, 15) is 4.79 Å². The first-order valence-electron chi connectivity index (χ1n) is 9.07. The molecule has 1 atom stereocenters. The first-order chi connectivity index (χ1) is 13.1. The second-order valence-corrected chi connectivity index (χ2v) is 7.45. The van der Waals surface area contributed by atoms with E-state index in [1.807, 2.05) is 54.0 Å². The normalized spacial score (nSPS) is 12.0. The van der Waals surface area contributed by atoms with E-state index < -0.39 is 0 Å². The zero-order valence-corrected chi connectivity index (χ0v) is 16.7. The van der Waals surface area contributed by atoms with Gasteiger partial charge >= 0.3 is 0 Å². The van der Waals surface area contributed by atoms with Crippen LogP contribution in [0.2, 0.25) is 0 Å². The number of carbonyl (C=O) groups is 1. The fraction of sp³-hybridized carbons (Fsp3) is 0.286. The standard InChI is InChI=1S/C21H24N4OS/c1-4-15(2)17-10-6-7-11-18(17)23-20(26)13-27-21-24-22-14-25(21)19-12-8-5-9-16(19)3/h5-12,14-15H,4,13H2,1-3H3,(H,23,26)/t15-/m1/s1. The molecule has 0 aliphatic carbocycles. The monoisotopic (exact) mass is 380 g/mol. The number of thioether (sulfide) groups is 1. The van der Waals surface area contributed by atoms with Crippen molar-refractivity contribution in [3.05, 3.63) is 66.0 Å². The van der Waals surface area contributed by atoms with Crippen LogP contribution in [0.25, 0.3) is 5.69 Å². The predicted octanol–water partition coefficient (Wildman–Crippen LogP) is 4.82. The molecule has 1 heterocycles. The molecule has 0 fully saturated rings. The lowest BCUT2D eigenvalue weighted by atomic mass is 9.97. The molecule has 2 aromatic carbocycles. The molecule has 0 spiro atoms. The molecule has 3 aromatic rings. The van der Waals surface area contributed by atoms with Crippen molar-refractivity contribution in [1.29, 1.82) is 0 Å². The molecule has 0 aliphatic rings. The summed E-state index contributed by atoms with van der Waals surface area (Å²) in [6.07, 6.45) is 2.71.